The lowest BCUT2D eigenvalue weighted by Crippen LogP contribution is -2.14. The van der Waals surface area contributed by atoms with Gasteiger partial charge in [0.15, 0.2) is 0 Å². The Morgan fingerprint density at radius 3 is 2.09 bits per heavy atom. The van der Waals surface area contributed by atoms with E-state index in [4.69, 9.17) is 7.85 Å². The number of para-hydroxylation sites is 4. The molecular weight excluding hydrogens is 575 g/mol. The van der Waals surface area contributed by atoms with Crippen LogP contribution in [0.25, 0.3) is 76.0 Å². The molecule has 1 aliphatic rings. The van der Waals surface area contributed by atoms with Crippen LogP contribution < -0.4 is 0 Å². The minimum atomic E-state index is 0.106. The number of rotatable bonds is 3. The summed E-state index contributed by atoms with van der Waals surface area (Å²) in [7, 11) is 6.84. The highest BCUT2D eigenvalue weighted by Gasteiger charge is 2.27. The third-order valence-electron chi connectivity index (χ3n) is 9.81. The van der Waals surface area contributed by atoms with Gasteiger partial charge in [-0.1, -0.05) is 115 Å². The van der Waals surface area contributed by atoms with Crippen molar-refractivity contribution in [1.29, 1.82) is 0 Å². The average Bonchev–Trinajstić information content (AvgIpc) is 3.77. The minimum Gasteiger partial charge on any atom is -0.333 e. The Morgan fingerprint density at radius 1 is 0.565 bits per heavy atom. The molecule has 2 radical (unpaired) electrons. The summed E-state index contributed by atoms with van der Waals surface area (Å²) >= 11 is 1.81. The van der Waals surface area contributed by atoms with Gasteiger partial charge in [0.05, 0.1) is 22.6 Å². The van der Waals surface area contributed by atoms with Gasteiger partial charge in [-0.05, 0) is 59.3 Å². The lowest BCUT2D eigenvalue weighted by Gasteiger charge is -2.24. The Morgan fingerprint density at radius 2 is 1.22 bits per heavy atom. The lowest BCUT2D eigenvalue weighted by molar-refractivity contribution is 0.639. The first-order valence-electron chi connectivity index (χ1n) is 15.8. The normalized spacial score (nSPS) is 14.9. The molecule has 2 nitrogen and oxygen atoms in total. The summed E-state index contributed by atoms with van der Waals surface area (Å²) in [4.78, 5) is 1.22. The fraction of sp³-hybridized carbons (Fsp3) is 0.0476. The number of allylic oxidation sites excluding steroid dienone is 1. The van der Waals surface area contributed by atoms with Gasteiger partial charge in [-0.3, -0.25) is 0 Å². The van der Waals surface area contributed by atoms with Crippen molar-refractivity contribution in [3.8, 4) is 16.8 Å². The van der Waals surface area contributed by atoms with Gasteiger partial charge >= 0.3 is 0 Å². The third kappa shape index (κ3) is 3.59. The molecule has 1 unspecified atom stereocenters. The predicted molar refractivity (Wildman–Crippen MR) is 198 cm³/mol. The zero-order valence-electron chi connectivity index (χ0n) is 25.0. The van der Waals surface area contributed by atoms with Crippen molar-refractivity contribution in [2.45, 2.75) is 12.5 Å². The van der Waals surface area contributed by atoms with Gasteiger partial charge < -0.3 is 9.13 Å². The van der Waals surface area contributed by atoms with E-state index in [2.05, 4.69) is 155 Å². The van der Waals surface area contributed by atoms with Gasteiger partial charge in [-0.15, -0.1) is 11.3 Å². The molecule has 9 aromatic rings. The van der Waals surface area contributed by atoms with E-state index < -0.39 is 0 Å². The third-order valence-corrected chi connectivity index (χ3v) is 11.1. The molecule has 1 atom stereocenters. The Bertz CT molecular complexity index is 2690. The standard InChI is InChI=1S/C42H27BN2S/c43-35-25-27(24-34-29-15-6-9-23-39(29)46-42(34)35)44-37-21-8-5-16-33(37)40-30(17-11-22-38(40)44)32-19-10-18-31-28-14-4-7-20-36(28)45(41(31)32)26-12-2-1-3-13-26/h1-23,25,27H,24H2. The predicted octanol–water partition coefficient (Wildman–Crippen LogP) is 11.1. The van der Waals surface area contributed by atoms with Crippen LogP contribution in [-0.2, 0) is 6.42 Å². The largest absolute Gasteiger partial charge is 0.333 e. The first kappa shape index (κ1) is 26.0. The fourth-order valence-corrected chi connectivity index (χ4v) is 9.13. The summed E-state index contributed by atoms with van der Waals surface area (Å²) in [5, 5.41) is 6.39. The number of fused-ring (bicyclic) bond motifs is 9. The maximum atomic E-state index is 6.84. The van der Waals surface area contributed by atoms with Gasteiger partial charge in [-0.2, -0.15) is 0 Å². The van der Waals surface area contributed by atoms with Crippen LogP contribution in [0.15, 0.2) is 146 Å². The van der Waals surface area contributed by atoms with Crippen molar-refractivity contribution in [2.24, 2.45) is 0 Å². The number of nitrogens with zero attached hydrogens (tertiary/aromatic N) is 2. The summed E-state index contributed by atoms with van der Waals surface area (Å²) in [5.74, 6) is 0. The second kappa shape index (κ2) is 9.84. The maximum absolute atomic E-state index is 6.84. The van der Waals surface area contributed by atoms with Gasteiger partial charge in [0.2, 0.25) is 0 Å². The monoisotopic (exact) mass is 602 g/mol. The zero-order chi connectivity index (χ0) is 30.4. The smallest absolute Gasteiger partial charge is 0.115 e. The summed E-state index contributed by atoms with van der Waals surface area (Å²) in [6.07, 6.45) is 3.19. The molecule has 0 aliphatic heterocycles. The van der Waals surface area contributed by atoms with Gasteiger partial charge in [-0.25, -0.2) is 0 Å². The zero-order valence-corrected chi connectivity index (χ0v) is 25.8. The molecule has 214 valence electrons. The maximum Gasteiger partial charge on any atom is 0.115 e. The highest BCUT2D eigenvalue weighted by Crippen LogP contribution is 2.46. The summed E-state index contributed by atoms with van der Waals surface area (Å²) < 4.78 is 6.27. The second-order valence-corrected chi connectivity index (χ2v) is 13.3. The van der Waals surface area contributed by atoms with Crippen molar-refractivity contribution < 1.29 is 0 Å². The van der Waals surface area contributed by atoms with Crippen molar-refractivity contribution in [3.63, 3.8) is 0 Å². The van der Waals surface area contributed by atoms with Gasteiger partial charge in [0.25, 0.3) is 0 Å². The van der Waals surface area contributed by atoms with Gasteiger partial charge in [0.1, 0.15) is 7.85 Å². The Labute approximate surface area is 271 Å². The molecule has 6 aromatic carbocycles. The minimum absolute atomic E-state index is 0.106. The second-order valence-electron chi connectivity index (χ2n) is 12.3. The quantitative estimate of drug-likeness (QED) is 0.178. The van der Waals surface area contributed by atoms with Crippen molar-refractivity contribution in [1.82, 2.24) is 9.13 Å². The Hall–Kier alpha value is -5.32. The van der Waals surface area contributed by atoms with Crippen molar-refractivity contribution in [3.05, 3.63) is 156 Å². The Kier molecular flexibility index (Phi) is 5.55. The molecule has 0 saturated heterocycles. The highest BCUT2D eigenvalue weighted by atomic mass is 32.1. The molecule has 10 rings (SSSR count). The van der Waals surface area contributed by atoms with E-state index in [1.165, 1.54) is 75.3 Å². The van der Waals surface area contributed by atoms with Crippen molar-refractivity contribution >= 4 is 78.4 Å². The molecule has 3 aromatic heterocycles. The molecule has 4 heteroatoms. The molecule has 0 N–H and O–H groups in total. The van der Waals surface area contributed by atoms with Gasteiger partial charge in [0, 0.05) is 47.9 Å². The highest BCUT2D eigenvalue weighted by molar-refractivity contribution is 7.20. The summed E-state index contributed by atoms with van der Waals surface area (Å²) in [5.41, 5.74) is 10.8. The van der Waals surface area contributed by atoms with Crippen LogP contribution in [0.1, 0.15) is 16.5 Å². The molecule has 0 amide bonds. The summed E-state index contributed by atoms with van der Waals surface area (Å²) in [6.45, 7) is 0. The van der Waals surface area contributed by atoms with E-state index in [9.17, 15) is 0 Å². The SMILES string of the molecule is [B]C1=CC(n2c3ccccc3c3c(-c4cccc5c6ccccc6n(-c6ccccc6)c45)cccc32)Cc2c1sc1ccccc21. The molecule has 0 fully saturated rings. The van der Waals surface area contributed by atoms with Crippen LogP contribution in [0.4, 0.5) is 0 Å². The molecule has 3 heterocycles. The van der Waals surface area contributed by atoms with E-state index in [1.807, 2.05) is 11.3 Å². The van der Waals surface area contributed by atoms with E-state index >= 15 is 0 Å². The van der Waals surface area contributed by atoms with Crippen LogP contribution in [0, 0.1) is 0 Å². The molecule has 0 bridgehead atoms. The number of thiophene rings is 1. The van der Waals surface area contributed by atoms with E-state index in [0.717, 1.165) is 17.6 Å². The molecule has 0 spiro atoms. The van der Waals surface area contributed by atoms with E-state index in [1.54, 1.807) is 0 Å². The number of benzene rings is 6. The topological polar surface area (TPSA) is 9.86 Å². The first-order chi connectivity index (χ1) is 22.8. The molecule has 0 saturated carbocycles. The average molecular weight is 603 g/mol. The fourth-order valence-electron chi connectivity index (χ4n) is 7.96. The van der Waals surface area contributed by atoms with Crippen LogP contribution in [0.2, 0.25) is 0 Å². The van der Waals surface area contributed by atoms with Crippen LogP contribution >= 0.6 is 11.3 Å². The Balaban J connectivity index is 1.27. The molecule has 46 heavy (non-hydrogen) atoms. The lowest BCUT2D eigenvalue weighted by atomic mass is 9.83. The summed E-state index contributed by atoms with van der Waals surface area (Å²) in [6, 6.07) is 50.8. The van der Waals surface area contributed by atoms with E-state index in [0.29, 0.717) is 0 Å². The van der Waals surface area contributed by atoms with E-state index in [-0.39, 0.29) is 6.04 Å². The number of hydrogen-bond acceptors (Lipinski definition) is 1. The van der Waals surface area contributed by atoms with Crippen molar-refractivity contribution in [2.75, 3.05) is 0 Å². The van der Waals surface area contributed by atoms with Crippen LogP contribution in [0.5, 0.6) is 0 Å². The molecular formula is C42H27BN2S. The number of hydrogen-bond donors (Lipinski definition) is 0. The van der Waals surface area contributed by atoms with Crippen LogP contribution in [-0.4, -0.2) is 17.0 Å². The van der Waals surface area contributed by atoms with Crippen LogP contribution in [0.3, 0.4) is 0 Å². The molecule has 1 aliphatic carbocycles. The number of aromatic nitrogens is 2. The first-order valence-corrected chi connectivity index (χ1v) is 16.7.